The molecule has 0 radical (unpaired) electrons. The lowest BCUT2D eigenvalue weighted by atomic mass is 9.88. The number of amides is 1. The zero-order chi connectivity index (χ0) is 28.6. The molecule has 0 saturated carbocycles. The Labute approximate surface area is 237 Å². The van der Waals surface area contributed by atoms with Gasteiger partial charge in [-0.25, -0.2) is 9.59 Å². The number of benzene rings is 1. The van der Waals surface area contributed by atoms with Crippen molar-refractivity contribution in [2.75, 3.05) is 18.5 Å². The summed E-state index contributed by atoms with van der Waals surface area (Å²) < 4.78 is 16.4. The Kier molecular flexibility index (Phi) is 9.56. The first kappa shape index (κ1) is 28.8. The summed E-state index contributed by atoms with van der Waals surface area (Å²) in [4.78, 5) is 39.1. The van der Waals surface area contributed by atoms with Crippen molar-refractivity contribution in [3.8, 4) is 17.4 Å². The number of nitrogens with one attached hydrogen (secondary N) is 1. The SMILES string of the molecule is CCCCOC(=O)c1ccc(-c2ccc(/C=C(\C#N)C(=O)Nc3sc4c(c3C(=O)OCC)CC[C@H](C)C4)o2)cc1. The van der Waals surface area contributed by atoms with E-state index in [0.717, 1.165) is 48.1 Å². The van der Waals surface area contributed by atoms with Crippen LogP contribution < -0.4 is 5.32 Å². The van der Waals surface area contributed by atoms with Crippen LogP contribution in [0.5, 0.6) is 0 Å². The van der Waals surface area contributed by atoms with Crippen LogP contribution in [0.15, 0.2) is 46.4 Å². The second-order valence-corrected chi connectivity index (χ2v) is 10.8. The number of unbranched alkanes of at least 4 members (excludes halogenated alkanes) is 1. The number of rotatable bonds is 10. The first-order valence-electron chi connectivity index (χ1n) is 13.5. The van der Waals surface area contributed by atoms with Crippen molar-refractivity contribution in [1.29, 1.82) is 5.26 Å². The fraction of sp³-hybridized carbons (Fsp3) is 0.355. The van der Waals surface area contributed by atoms with E-state index in [4.69, 9.17) is 13.9 Å². The molecule has 4 rings (SSSR count). The number of carbonyl (C=O) groups is 3. The predicted molar refractivity (Wildman–Crippen MR) is 153 cm³/mol. The molecule has 2 aromatic heterocycles. The van der Waals surface area contributed by atoms with Gasteiger partial charge >= 0.3 is 11.9 Å². The molecule has 9 heteroatoms. The molecule has 1 aromatic carbocycles. The molecule has 0 bridgehead atoms. The molecule has 208 valence electrons. The fourth-order valence-electron chi connectivity index (χ4n) is 4.47. The quantitative estimate of drug-likeness (QED) is 0.125. The summed E-state index contributed by atoms with van der Waals surface area (Å²) >= 11 is 1.37. The maximum Gasteiger partial charge on any atom is 0.341 e. The van der Waals surface area contributed by atoms with Gasteiger partial charge in [0.15, 0.2) is 0 Å². The molecule has 0 saturated heterocycles. The number of anilines is 1. The van der Waals surface area contributed by atoms with Gasteiger partial charge in [-0.15, -0.1) is 11.3 Å². The second kappa shape index (κ2) is 13.3. The summed E-state index contributed by atoms with van der Waals surface area (Å²) in [7, 11) is 0. The Morgan fingerprint density at radius 1 is 1.12 bits per heavy atom. The van der Waals surface area contributed by atoms with Crippen molar-refractivity contribution in [2.45, 2.75) is 52.9 Å². The number of carbonyl (C=O) groups excluding carboxylic acids is 3. The van der Waals surface area contributed by atoms with Gasteiger partial charge in [0.2, 0.25) is 0 Å². The molecule has 1 atom stereocenters. The number of furan rings is 1. The molecule has 1 aliphatic rings. The highest BCUT2D eigenvalue weighted by molar-refractivity contribution is 7.17. The molecule has 1 amide bonds. The van der Waals surface area contributed by atoms with Gasteiger partial charge in [-0.1, -0.05) is 32.4 Å². The van der Waals surface area contributed by atoms with Gasteiger partial charge in [0.05, 0.1) is 24.3 Å². The van der Waals surface area contributed by atoms with Crippen LogP contribution in [-0.2, 0) is 27.1 Å². The van der Waals surface area contributed by atoms with Crippen LogP contribution in [0, 0.1) is 17.2 Å². The molecule has 0 aliphatic heterocycles. The van der Waals surface area contributed by atoms with Gasteiger partial charge < -0.3 is 19.2 Å². The number of thiophene rings is 1. The highest BCUT2D eigenvalue weighted by Gasteiger charge is 2.29. The summed E-state index contributed by atoms with van der Waals surface area (Å²) in [5, 5.41) is 12.9. The first-order valence-corrected chi connectivity index (χ1v) is 14.3. The van der Waals surface area contributed by atoms with Crippen LogP contribution in [0.4, 0.5) is 5.00 Å². The van der Waals surface area contributed by atoms with Gasteiger partial charge in [-0.3, -0.25) is 4.79 Å². The van der Waals surface area contributed by atoms with Gasteiger partial charge in [0.1, 0.15) is 28.2 Å². The van der Waals surface area contributed by atoms with E-state index in [2.05, 4.69) is 12.2 Å². The van der Waals surface area contributed by atoms with Crippen molar-refractivity contribution in [2.24, 2.45) is 5.92 Å². The van der Waals surface area contributed by atoms with Gasteiger partial charge in [0, 0.05) is 16.5 Å². The Morgan fingerprint density at radius 2 is 1.90 bits per heavy atom. The zero-order valence-corrected chi connectivity index (χ0v) is 23.7. The third kappa shape index (κ3) is 6.69. The molecule has 0 fully saturated rings. The monoisotopic (exact) mass is 560 g/mol. The minimum absolute atomic E-state index is 0.166. The third-order valence-electron chi connectivity index (χ3n) is 6.63. The highest BCUT2D eigenvalue weighted by atomic mass is 32.1. The summed E-state index contributed by atoms with van der Waals surface area (Å²) in [6.07, 6.45) is 5.65. The van der Waals surface area contributed by atoms with E-state index < -0.39 is 11.9 Å². The minimum Gasteiger partial charge on any atom is -0.462 e. The lowest BCUT2D eigenvalue weighted by molar-refractivity contribution is -0.112. The summed E-state index contributed by atoms with van der Waals surface area (Å²) in [5.74, 6) is -0.163. The Morgan fingerprint density at radius 3 is 2.60 bits per heavy atom. The largest absolute Gasteiger partial charge is 0.462 e. The van der Waals surface area contributed by atoms with Crippen LogP contribution in [0.3, 0.4) is 0 Å². The average Bonchev–Trinajstić information content (AvgIpc) is 3.56. The van der Waals surface area contributed by atoms with E-state index in [-0.39, 0.29) is 18.1 Å². The lowest BCUT2D eigenvalue weighted by Crippen LogP contribution is -2.17. The van der Waals surface area contributed by atoms with E-state index in [1.165, 1.54) is 17.4 Å². The molecule has 8 nitrogen and oxygen atoms in total. The topological polar surface area (TPSA) is 119 Å². The molecule has 40 heavy (non-hydrogen) atoms. The standard InChI is InChI=1S/C31H32N2O6S/c1-4-6-15-38-30(35)21-10-8-20(9-11-21)25-14-12-23(39-25)17-22(18-32)28(34)33-29-27(31(36)37-5-2)24-13-7-19(3)16-26(24)40-29/h8-12,14,17,19H,4-7,13,15-16H2,1-3H3,(H,33,34)/b22-17+/t19-/m0/s1. The lowest BCUT2D eigenvalue weighted by Gasteiger charge is -2.18. The molecule has 3 aromatic rings. The van der Waals surface area contributed by atoms with Crippen LogP contribution in [0.25, 0.3) is 17.4 Å². The summed E-state index contributed by atoms with van der Waals surface area (Å²) in [5.41, 5.74) is 2.32. The normalized spacial score (nSPS) is 14.7. The van der Waals surface area contributed by atoms with Gasteiger partial charge in [0.25, 0.3) is 5.91 Å². The molecular weight excluding hydrogens is 528 g/mol. The number of hydrogen-bond donors (Lipinski definition) is 1. The zero-order valence-electron chi connectivity index (χ0n) is 22.9. The molecular formula is C31H32N2O6S. The van der Waals surface area contributed by atoms with Crippen LogP contribution in [-0.4, -0.2) is 31.1 Å². The molecule has 2 heterocycles. The molecule has 1 N–H and O–H groups in total. The van der Waals surface area contributed by atoms with E-state index in [1.807, 2.05) is 13.0 Å². The van der Waals surface area contributed by atoms with Crippen LogP contribution in [0.1, 0.15) is 77.0 Å². The maximum atomic E-state index is 13.1. The molecule has 0 unspecified atom stereocenters. The number of hydrogen-bond acceptors (Lipinski definition) is 8. The van der Waals surface area contributed by atoms with E-state index in [0.29, 0.717) is 40.2 Å². The van der Waals surface area contributed by atoms with Crippen LogP contribution >= 0.6 is 11.3 Å². The number of ether oxygens (including phenoxy) is 2. The first-order chi connectivity index (χ1) is 19.3. The number of esters is 2. The van der Waals surface area contributed by atoms with E-state index in [1.54, 1.807) is 43.3 Å². The van der Waals surface area contributed by atoms with Gasteiger partial charge in [-0.05, 0) is 68.4 Å². The highest BCUT2D eigenvalue weighted by Crippen LogP contribution is 2.40. The Bertz CT molecular complexity index is 1460. The van der Waals surface area contributed by atoms with E-state index >= 15 is 0 Å². The van der Waals surface area contributed by atoms with Crippen molar-refractivity contribution in [1.82, 2.24) is 0 Å². The average molecular weight is 561 g/mol. The Balaban J connectivity index is 1.50. The molecule has 0 spiro atoms. The summed E-state index contributed by atoms with van der Waals surface area (Å²) in [6, 6.07) is 12.1. The minimum atomic E-state index is -0.636. The predicted octanol–water partition coefficient (Wildman–Crippen LogP) is 6.81. The number of nitrogens with zero attached hydrogens (tertiary/aromatic N) is 1. The maximum absolute atomic E-state index is 13.1. The van der Waals surface area contributed by atoms with Crippen molar-refractivity contribution >= 4 is 40.3 Å². The van der Waals surface area contributed by atoms with Crippen LogP contribution in [0.2, 0.25) is 0 Å². The fourth-order valence-corrected chi connectivity index (χ4v) is 5.86. The molecule has 1 aliphatic carbocycles. The van der Waals surface area contributed by atoms with Gasteiger partial charge in [-0.2, -0.15) is 5.26 Å². The Hall–Kier alpha value is -4.16. The third-order valence-corrected chi connectivity index (χ3v) is 7.80. The second-order valence-electron chi connectivity index (χ2n) is 9.67. The van der Waals surface area contributed by atoms with Crippen molar-refractivity contribution < 1.29 is 28.3 Å². The smallest absolute Gasteiger partial charge is 0.341 e. The van der Waals surface area contributed by atoms with E-state index in [9.17, 15) is 19.6 Å². The summed E-state index contributed by atoms with van der Waals surface area (Å²) in [6.45, 7) is 6.54. The number of fused-ring (bicyclic) bond motifs is 1. The number of nitriles is 1. The van der Waals surface area contributed by atoms with Crippen molar-refractivity contribution in [3.63, 3.8) is 0 Å². The van der Waals surface area contributed by atoms with Crippen molar-refractivity contribution in [3.05, 3.63) is 69.3 Å².